The lowest BCUT2D eigenvalue weighted by Crippen LogP contribution is -2.28. The summed E-state index contributed by atoms with van der Waals surface area (Å²) in [5.41, 5.74) is -0.904. The first kappa shape index (κ1) is 16.7. The molecule has 1 aromatic carbocycles. The molecule has 0 aliphatic rings. The van der Waals surface area contributed by atoms with Gasteiger partial charge in [-0.25, -0.2) is 0 Å². The molecule has 0 fully saturated rings. The molecule has 0 unspecified atom stereocenters. The van der Waals surface area contributed by atoms with Crippen molar-refractivity contribution in [2.24, 2.45) is 0 Å². The first-order valence-corrected chi connectivity index (χ1v) is 7.26. The molecule has 3 aromatic rings. The summed E-state index contributed by atoms with van der Waals surface area (Å²) < 4.78 is 38.2. The number of nitrogens with zero attached hydrogens (tertiary/aromatic N) is 1. The van der Waals surface area contributed by atoms with Gasteiger partial charge in [0, 0.05) is 36.0 Å². The number of hydrogen-bond acceptors (Lipinski definition) is 3. The van der Waals surface area contributed by atoms with Gasteiger partial charge in [-0.15, -0.1) is 0 Å². The number of nitrogens with one attached hydrogen (secondary N) is 2. The molecule has 0 bridgehead atoms. The van der Waals surface area contributed by atoms with Crippen molar-refractivity contribution < 1.29 is 18.0 Å². The molecule has 8 heteroatoms. The van der Waals surface area contributed by atoms with Gasteiger partial charge >= 0.3 is 6.18 Å². The van der Waals surface area contributed by atoms with Crippen LogP contribution in [0.3, 0.4) is 0 Å². The lowest BCUT2D eigenvalue weighted by molar-refractivity contribution is -0.137. The van der Waals surface area contributed by atoms with Crippen molar-refractivity contribution in [2.45, 2.75) is 12.7 Å². The van der Waals surface area contributed by atoms with Crippen LogP contribution in [-0.2, 0) is 12.7 Å². The Labute approximate surface area is 139 Å². The second-order valence-corrected chi connectivity index (χ2v) is 5.33. The van der Waals surface area contributed by atoms with E-state index in [4.69, 9.17) is 0 Å². The number of alkyl halides is 3. The number of carbonyl (C=O) groups is 1. The average Bonchev–Trinajstić information content (AvgIpc) is 2.60. The highest BCUT2D eigenvalue weighted by Crippen LogP contribution is 2.30. The Hall–Kier alpha value is -3.16. The van der Waals surface area contributed by atoms with Crippen molar-refractivity contribution in [3.05, 3.63) is 75.8 Å². The molecule has 25 heavy (non-hydrogen) atoms. The van der Waals surface area contributed by atoms with E-state index in [-0.39, 0.29) is 23.0 Å². The number of rotatable bonds is 3. The first-order valence-electron chi connectivity index (χ1n) is 7.26. The summed E-state index contributed by atoms with van der Waals surface area (Å²) in [6.07, 6.45) is -0.230. The number of amides is 1. The molecule has 5 nitrogen and oxygen atoms in total. The Morgan fingerprint density at radius 3 is 2.72 bits per heavy atom. The lowest BCUT2D eigenvalue weighted by atomic mass is 10.1. The number of H-pyrrole nitrogens is 1. The molecule has 1 amide bonds. The van der Waals surface area contributed by atoms with Crippen LogP contribution < -0.4 is 10.7 Å². The standard InChI is InChI=1S/C17H12F3N3O2/c18-17(19,20)11-3-4-12-14(6-11)22-9-13(15(12)24)16(25)23-8-10-2-1-5-21-7-10/h1-7,9H,8H2,(H,22,24)(H,23,25). The Morgan fingerprint density at radius 1 is 1.24 bits per heavy atom. The molecule has 0 aliphatic heterocycles. The zero-order chi connectivity index (χ0) is 18.0. The maximum atomic E-state index is 12.7. The Morgan fingerprint density at radius 2 is 2.04 bits per heavy atom. The molecule has 0 radical (unpaired) electrons. The van der Waals surface area contributed by atoms with E-state index in [1.165, 1.54) is 0 Å². The smallest absolute Gasteiger partial charge is 0.360 e. The van der Waals surface area contributed by atoms with Crippen molar-refractivity contribution in [3.8, 4) is 0 Å². The van der Waals surface area contributed by atoms with E-state index >= 15 is 0 Å². The third kappa shape index (κ3) is 3.52. The number of pyridine rings is 2. The minimum Gasteiger partial charge on any atom is -0.360 e. The number of aromatic amines is 1. The predicted molar refractivity (Wildman–Crippen MR) is 85.0 cm³/mol. The summed E-state index contributed by atoms with van der Waals surface area (Å²) in [5.74, 6) is -0.619. The molecule has 3 rings (SSSR count). The van der Waals surface area contributed by atoms with Crippen LogP contribution in [0.2, 0.25) is 0 Å². The summed E-state index contributed by atoms with van der Waals surface area (Å²) in [5, 5.41) is 2.59. The highest BCUT2D eigenvalue weighted by molar-refractivity contribution is 5.97. The minimum atomic E-state index is -4.51. The second kappa shape index (κ2) is 6.39. The zero-order valence-electron chi connectivity index (χ0n) is 12.7. The normalized spacial score (nSPS) is 11.5. The maximum absolute atomic E-state index is 12.7. The van der Waals surface area contributed by atoms with Crippen LogP contribution in [0, 0.1) is 0 Å². The van der Waals surface area contributed by atoms with Crippen LogP contribution in [-0.4, -0.2) is 15.9 Å². The van der Waals surface area contributed by atoms with Gasteiger partial charge in [-0.1, -0.05) is 6.07 Å². The monoisotopic (exact) mass is 347 g/mol. The van der Waals surface area contributed by atoms with Crippen molar-refractivity contribution in [1.29, 1.82) is 0 Å². The summed E-state index contributed by atoms with van der Waals surface area (Å²) in [6.45, 7) is 0.178. The maximum Gasteiger partial charge on any atom is 0.416 e. The van der Waals surface area contributed by atoms with E-state index in [0.717, 1.165) is 30.0 Å². The fourth-order valence-electron chi connectivity index (χ4n) is 2.35. The largest absolute Gasteiger partial charge is 0.416 e. The van der Waals surface area contributed by atoms with Crippen molar-refractivity contribution in [3.63, 3.8) is 0 Å². The van der Waals surface area contributed by atoms with Gasteiger partial charge in [-0.3, -0.25) is 14.6 Å². The van der Waals surface area contributed by atoms with Crippen LogP contribution in [0.25, 0.3) is 10.9 Å². The van der Waals surface area contributed by atoms with E-state index in [1.807, 2.05) is 0 Å². The minimum absolute atomic E-state index is 0.0158. The van der Waals surface area contributed by atoms with Crippen LogP contribution in [0.15, 0.2) is 53.7 Å². The molecule has 2 heterocycles. The van der Waals surface area contributed by atoms with Crippen molar-refractivity contribution in [1.82, 2.24) is 15.3 Å². The van der Waals surface area contributed by atoms with Gasteiger partial charge in [0.1, 0.15) is 5.56 Å². The highest BCUT2D eigenvalue weighted by atomic mass is 19.4. The first-order chi connectivity index (χ1) is 11.9. The van der Waals surface area contributed by atoms with E-state index < -0.39 is 23.1 Å². The molecule has 0 spiro atoms. The van der Waals surface area contributed by atoms with Gasteiger partial charge in [-0.05, 0) is 29.8 Å². The van der Waals surface area contributed by atoms with Crippen molar-refractivity contribution in [2.75, 3.05) is 0 Å². The Balaban J connectivity index is 1.88. The molecule has 128 valence electrons. The Kier molecular flexibility index (Phi) is 4.26. The molecule has 2 aromatic heterocycles. The second-order valence-electron chi connectivity index (χ2n) is 5.33. The number of fused-ring (bicyclic) bond motifs is 1. The number of benzene rings is 1. The van der Waals surface area contributed by atoms with Gasteiger partial charge in [0.2, 0.25) is 5.43 Å². The quantitative estimate of drug-likeness (QED) is 0.765. The van der Waals surface area contributed by atoms with E-state index in [1.54, 1.807) is 24.5 Å². The summed E-state index contributed by atoms with van der Waals surface area (Å²) in [6, 6.07) is 6.19. The van der Waals surface area contributed by atoms with Gasteiger partial charge in [0.05, 0.1) is 5.56 Å². The topological polar surface area (TPSA) is 74.8 Å². The molecule has 0 saturated heterocycles. The van der Waals surface area contributed by atoms with Gasteiger partial charge in [0.15, 0.2) is 0 Å². The van der Waals surface area contributed by atoms with E-state index in [0.29, 0.717) is 0 Å². The third-order valence-corrected chi connectivity index (χ3v) is 3.63. The van der Waals surface area contributed by atoms with Crippen LogP contribution in [0.1, 0.15) is 21.5 Å². The van der Waals surface area contributed by atoms with Gasteiger partial charge in [0.25, 0.3) is 5.91 Å². The fourth-order valence-corrected chi connectivity index (χ4v) is 2.35. The predicted octanol–water partition coefficient (Wildman–Crippen LogP) is 2.87. The average molecular weight is 347 g/mol. The summed E-state index contributed by atoms with van der Waals surface area (Å²) in [7, 11) is 0. The summed E-state index contributed by atoms with van der Waals surface area (Å²) in [4.78, 5) is 31.0. The lowest BCUT2D eigenvalue weighted by Gasteiger charge is -2.09. The number of halogens is 3. The molecule has 0 atom stereocenters. The van der Waals surface area contributed by atoms with Crippen LogP contribution in [0.5, 0.6) is 0 Å². The Bertz CT molecular complexity index is 982. The molecule has 2 N–H and O–H groups in total. The molecule has 0 aliphatic carbocycles. The zero-order valence-corrected chi connectivity index (χ0v) is 12.7. The summed E-state index contributed by atoms with van der Waals surface area (Å²) >= 11 is 0. The number of hydrogen-bond donors (Lipinski definition) is 2. The van der Waals surface area contributed by atoms with E-state index in [9.17, 15) is 22.8 Å². The SMILES string of the molecule is O=C(NCc1cccnc1)c1c[nH]c2cc(C(F)(F)F)ccc2c1=O. The van der Waals surface area contributed by atoms with Gasteiger partial charge in [-0.2, -0.15) is 13.2 Å². The number of carbonyl (C=O) groups excluding carboxylic acids is 1. The van der Waals surface area contributed by atoms with Crippen LogP contribution >= 0.6 is 0 Å². The van der Waals surface area contributed by atoms with Gasteiger partial charge < -0.3 is 10.3 Å². The fraction of sp³-hybridized carbons (Fsp3) is 0.118. The number of aromatic nitrogens is 2. The van der Waals surface area contributed by atoms with Crippen LogP contribution in [0.4, 0.5) is 13.2 Å². The molecule has 0 saturated carbocycles. The molecular weight excluding hydrogens is 335 g/mol. The molecular formula is C17H12F3N3O2. The van der Waals surface area contributed by atoms with E-state index in [2.05, 4.69) is 15.3 Å². The highest BCUT2D eigenvalue weighted by Gasteiger charge is 2.30. The van der Waals surface area contributed by atoms with Crippen molar-refractivity contribution >= 4 is 16.8 Å². The third-order valence-electron chi connectivity index (χ3n) is 3.63.